The maximum atomic E-state index is 12.5. The molecule has 1 fully saturated rings. The van der Waals surface area contributed by atoms with Crippen molar-refractivity contribution in [1.82, 2.24) is 0 Å². The molecule has 1 aromatic rings. The van der Waals surface area contributed by atoms with Crippen molar-refractivity contribution in [3.8, 4) is 5.75 Å². The zero-order valence-electron chi connectivity index (χ0n) is 12.0. The molecule has 112 valence electrons. The topological polar surface area (TPSA) is 52.6 Å². The molecule has 0 aromatic heterocycles. The van der Waals surface area contributed by atoms with Crippen molar-refractivity contribution >= 4 is 9.84 Å². The SMILES string of the molecule is COc1ccccc1[C@H](C)S(=O)(=O)C[C@H]1CCCCO1. The summed E-state index contributed by atoms with van der Waals surface area (Å²) < 4.78 is 35.9. The van der Waals surface area contributed by atoms with Gasteiger partial charge in [0.2, 0.25) is 0 Å². The molecule has 0 radical (unpaired) electrons. The fourth-order valence-electron chi connectivity index (χ4n) is 2.54. The average Bonchev–Trinajstić information content (AvgIpc) is 2.47. The molecule has 0 unspecified atom stereocenters. The molecule has 1 aromatic carbocycles. The van der Waals surface area contributed by atoms with Crippen LogP contribution < -0.4 is 4.74 Å². The van der Waals surface area contributed by atoms with Gasteiger partial charge in [-0.15, -0.1) is 0 Å². The first-order chi connectivity index (χ1) is 9.54. The van der Waals surface area contributed by atoms with Crippen molar-refractivity contribution in [1.29, 1.82) is 0 Å². The molecule has 0 bridgehead atoms. The van der Waals surface area contributed by atoms with Crippen molar-refractivity contribution in [2.45, 2.75) is 37.5 Å². The van der Waals surface area contributed by atoms with Gasteiger partial charge in [0.25, 0.3) is 0 Å². The second kappa shape index (κ2) is 6.59. The van der Waals surface area contributed by atoms with Gasteiger partial charge in [-0.2, -0.15) is 0 Å². The van der Waals surface area contributed by atoms with Gasteiger partial charge in [-0.1, -0.05) is 18.2 Å². The third-order valence-corrected chi connectivity index (χ3v) is 5.98. The maximum absolute atomic E-state index is 12.5. The Morgan fingerprint density at radius 2 is 2.10 bits per heavy atom. The Morgan fingerprint density at radius 3 is 2.75 bits per heavy atom. The smallest absolute Gasteiger partial charge is 0.159 e. The van der Waals surface area contributed by atoms with Crippen LogP contribution in [0.5, 0.6) is 5.75 Å². The number of methoxy groups -OCH3 is 1. The van der Waals surface area contributed by atoms with E-state index in [2.05, 4.69) is 0 Å². The molecule has 1 heterocycles. The highest BCUT2D eigenvalue weighted by molar-refractivity contribution is 7.91. The minimum atomic E-state index is -3.25. The number of benzene rings is 1. The lowest BCUT2D eigenvalue weighted by Crippen LogP contribution is -2.29. The molecule has 4 nitrogen and oxygen atoms in total. The van der Waals surface area contributed by atoms with Crippen molar-refractivity contribution in [3.63, 3.8) is 0 Å². The van der Waals surface area contributed by atoms with E-state index in [1.807, 2.05) is 18.2 Å². The lowest BCUT2D eigenvalue weighted by molar-refractivity contribution is 0.0304. The van der Waals surface area contributed by atoms with Crippen LogP contribution in [0.25, 0.3) is 0 Å². The first kappa shape index (κ1) is 15.3. The normalized spacial score (nSPS) is 21.4. The average molecular weight is 298 g/mol. The second-order valence-corrected chi connectivity index (χ2v) is 7.57. The fraction of sp³-hybridized carbons (Fsp3) is 0.600. The molecule has 0 aliphatic carbocycles. The van der Waals surface area contributed by atoms with E-state index in [1.165, 1.54) is 0 Å². The number of hydrogen-bond acceptors (Lipinski definition) is 4. The zero-order valence-corrected chi connectivity index (χ0v) is 12.9. The summed E-state index contributed by atoms with van der Waals surface area (Å²) in [6, 6.07) is 7.27. The van der Waals surface area contributed by atoms with E-state index in [-0.39, 0.29) is 11.9 Å². The van der Waals surface area contributed by atoms with Crippen molar-refractivity contribution in [2.24, 2.45) is 0 Å². The number of hydrogen-bond donors (Lipinski definition) is 0. The first-order valence-corrected chi connectivity index (χ1v) is 8.72. The summed E-state index contributed by atoms with van der Waals surface area (Å²) in [5.41, 5.74) is 0.714. The van der Waals surface area contributed by atoms with Crippen molar-refractivity contribution < 1.29 is 17.9 Å². The van der Waals surface area contributed by atoms with Crippen LogP contribution in [0.2, 0.25) is 0 Å². The van der Waals surface area contributed by atoms with Gasteiger partial charge in [-0.05, 0) is 32.3 Å². The second-order valence-electron chi connectivity index (χ2n) is 5.20. The van der Waals surface area contributed by atoms with Gasteiger partial charge in [-0.3, -0.25) is 0 Å². The molecule has 0 spiro atoms. The molecule has 5 heteroatoms. The van der Waals surface area contributed by atoms with E-state index in [9.17, 15) is 8.42 Å². The van der Waals surface area contributed by atoms with Crippen LogP contribution in [0.1, 0.15) is 37.0 Å². The molecular formula is C15H22O4S. The van der Waals surface area contributed by atoms with Gasteiger partial charge in [0.1, 0.15) is 5.75 Å². The summed E-state index contributed by atoms with van der Waals surface area (Å²) in [6.45, 7) is 2.39. The number of para-hydroxylation sites is 1. The van der Waals surface area contributed by atoms with Crippen LogP contribution in [0.15, 0.2) is 24.3 Å². The monoisotopic (exact) mass is 298 g/mol. The lowest BCUT2D eigenvalue weighted by atomic mass is 10.1. The summed E-state index contributed by atoms with van der Waals surface area (Å²) in [5.74, 6) is 0.708. The molecule has 20 heavy (non-hydrogen) atoms. The van der Waals surface area contributed by atoms with Gasteiger partial charge >= 0.3 is 0 Å². The summed E-state index contributed by atoms with van der Waals surface area (Å²) in [4.78, 5) is 0. The van der Waals surface area contributed by atoms with Crippen LogP contribution in [0.4, 0.5) is 0 Å². The van der Waals surface area contributed by atoms with E-state index in [0.717, 1.165) is 19.3 Å². The Morgan fingerprint density at radius 1 is 1.35 bits per heavy atom. The van der Waals surface area contributed by atoms with E-state index in [4.69, 9.17) is 9.47 Å². The molecule has 2 atom stereocenters. The van der Waals surface area contributed by atoms with Crippen LogP contribution in [-0.4, -0.2) is 34.0 Å². The van der Waals surface area contributed by atoms with Gasteiger partial charge in [0, 0.05) is 12.2 Å². The summed E-state index contributed by atoms with van der Waals surface area (Å²) in [7, 11) is -1.69. The largest absolute Gasteiger partial charge is 0.496 e. The van der Waals surface area contributed by atoms with Crippen LogP contribution >= 0.6 is 0 Å². The predicted octanol–water partition coefficient (Wildman–Crippen LogP) is 2.74. The molecule has 1 aliphatic rings. The predicted molar refractivity (Wildman–Crippen MR) is 78.8 cm³/mol. The van der Waals surface area contributed by atoms with Crippen LogP contribution in [0.3, 0.4) is 0 Å². The van der Waals surface area contributed by atoms with E-state index < -0.39 is 15.1 Å². The first-order valence-electron chi connectivity index (χ1n) is 7.00. The highest BCUT2D eigenvalue weighted by Gasteiger charge is 2.29. The van der Waals surface area contributed by atoms with Gasteiger partial charge < -0.3 is 9.47 Å². The molecular weight excluding hydrogens is 276 g/mol. The third kappa shape index (κ3) is 3.52. The molecule has 1 saturated heterocycles. The van der Waals surface area contributed by atoms with Crippen molar-refractivity contribution in [3.05, 3.63) is 29.8 Å². The van der Waals surface area contributed by atoms with Crippen LogP contribution in [0, 0.1) is 0 Å². The third-order valence-electron chi connectivity index (χ3n) is 3.81. The number of rotatable bonds is 5. The standard InChI is InChI=1S/C15H22O4S/c1-12(14-8-3-4-9-15(14)18-2)20(16,17)11-13-7-5-6-10-19-13/h3-4,8-9,12-13H,5-7,10-11H2,1-2H3/t12-,13+/m0/s1. The summed E-state index contributed by atoms with van der Waals surface area (Å²) >= 11 is 0. The Labute approximate surface area is 121 Å². The zero-order chi connectivity index (χ0) is 14.6. The Balaban J connectivity index is 2.15. The van der Waals surface area contributed by atoms with E-state index in [1.54, 1.807) is 20.1 Å². The molecule has 1 aliphatic heterocycles. The Bertz CT molecular complexity index is 533. The molecule has 0 N–H and O–H groups in total. The lowest BCUT2D eigenvalue weighted by Gasteiger charge is -2.24. The highest BCUT2D eigenvalue weighted by Crippen LogP contribution is 2.31. The quantitative estimate of drug-likeness (QED) is 0.838. The molecule has 2 rings (SSSR count). The summed E-state index contributed by atoms with van der Waals surface area (Å²) in [5, 5.41) is -0.579. The fourth-order valence-corrected chi connectivity index (χ4v) is 4.19. The van der Waals surface area contributed by atoms with Gasteiger partial charge in [-0.25, -0.2) is 8.42 Å². The van der Waals surface area contributed by atoms with Crippen molar-refractivity contribution in [2.75, 3.05) is 19.5 Å². The maximum Gasteiger partial charge on any atom is 0.159 e. The Hall–Kier alpha value is -1.07. The van der Waals surface area contributed by atoms with Gasteiger partial charge in [0.05, 0.1) is 24.2 Å². The minimum Gasteiger partial charge on any atom is -0.496 e. The van der Waals surface area contributed by atoms with Crippen LogP contribution in [-0.2, 0) is 14.6 Å². The molecule has 0 amide bonds. The summed E-state index contributed by atoms with van der Waals surface area (Å²) in [6.07, 6.45) is 2.74. The molecule has 0 saturated carbocycles. The number of sulfone groups is 1. The highest BCUT2D eigenvalue weighted by atomic mass is 32.2. The van der Waals surface area contributed by atoms with E-state index >= 15 is 0 Å². The minimum absolute atomic E-state index is 0.0895. The number of ether oxygens (including phenoxy) is 2. The van der Waals surface area contributed by atoms with E-state index in [0.29, 0.717) is 17.9 Å². The van der Waals surface area contributed by atoms with Gasteiger partial charge in [0.15, 0.2) is 9.84 Å². The Kier molecular flexibility index (Phi) is 5.05.